The SMILES string of the molecule is O=C(CCCNC(=O)c1ccco1)Nc1ccc(I)cc1. The number of anilines is 1. The fourth-order valence-corrected chi connectivity index (χ4v) is 2.06. The summed E-state index contributed by atoms with van der Waals surface area (Å²) >= 11 is 2.21. The van der Waals surface area contributed by atoms with Crippen LogP contribution < -0.4 is 10.6 Å². The average Bonchev–Trinajstić information content (AvgIpc) is 3.00. The largest absolute Gasteiger partial charge is 0.459 e. The van der Waals surface area contributed by atoms with Crippen LogP contribution >= 0.6 is 22.6 Å². The van der Waals surface area contributed by atoms with Gasteiger partial charge in [0.2, 0.25) is 5.91 Å². The summed E-state index contributed by atoms with van der Waals surface area (Å²) in [5, 5.41) is 5.51. The highest BCUT2D eigenvalue weighted by atomic mass is 127. The lowest BCUT2D eigenvalue weighted by Crippen LogP contribution is -2.25. The number of amides is 2. The molecule has 1 aromatic carbocycles. The Morgan fingerprint density at radius 3 is 2.57 bits per heavy atom. The Morgan fingerprint density at radius 2 is 1.90 bits per heavy atom. The van der Waals surface area contributed by atoms with Gasteiger partial charge in [-0.25, -0.2) is 0 Å². The molecule has 6 heteroatoms. The van der Waals surface area contributed by atoms with Crippen molar-refractivity contribution in [3.8, 4) is 0 Å². The second kappa shape index (κ2) is 7.82. The second-order valence-electron chi connectivity index (χ2n) is 4.39. The Kier molecular flexibility index (Phi) is 5.79. The molecule has 2 rings (SSSR count). The molecule has 0 aliphatic rings. The molecule has 110 valence electrons. The standard InChI is InChI=1S/C15H15IN2O3/c16-11-5-7-12(8-6-11)18-14(19)4-1-9-17-15(20)13-3-2-10-21-13/h2-3,5-8,10H,1,4,9H2,(H,17,20)(H,18,19). The molecule has 0 bridgehead atoms. The van der Waals surface area contributed by atoms with E-state index in [1.807, 2.05) is 24.3 Å². The number of nitrogens with one attached hydrogen (secondary N) is 2. The Labute approximate surface area is 136 Å². The number of rotatable bonds is 6. The molecule has 1 aromatic heterocycles. The number of halogens is 1. The van der Waals surface area contributed by atoms with Gasteiger partial charge in [0.05, 0.1) is 6.26 Å². The lowest BCUT2D eigenvalue weighted by molar-refractivity contribution is -0.116. The lowest BCUT2D eigenvalue weighted by atomic mass is 10.2. The van der Waals surface area contributed by atoms with Crippen LogP contribution in [0.3, 0.4) is 0 Å². The highest BCUT2D eigenvalue weighted by Gasteiger charge is 2.07. The fraction of sp³-hybridized carbons (Fsp3) is 0.200. The van der Waals surface area contributed by atoms with Gasteiger partial charge in [0, 0.05) is 22.2 Å². The molecule has 0 aliphatic heterocycles. The molecule has 5 nitrogen and oxygen atoms in total. The van der Waals surface area contributed by atoms with Crippen LogP contribution in [0.15, 0.2) is 47.1 Å². The lowest BCUT2D eigenvalue weighted by Gasteiger charge is -2.06. The van der Waals surface area contributed by atoms with E-state index in [2.05, 4.69) is 33.2 Å². The van der Waals surface area contributed by atoms with E-state index >= 15 is 0 Å². The van der Waals surface area contributed by atoms with Gasteiger partial charge in [-0.1, -0.05) is 0 Å². The van der Waals surface area contributed by atoms with Crippen LogP contribution in [-0.4, -0.2) is 18.4 Å². The summed E-state index contributed by atoms with van der Waals surface area (Å²) in [5.74, 6) is -0.0557. The van der Waals surface area contributed by atoms with Crippen LogP contribution in [-0.2, 0) is 4.79 Å². The van der Waals surface area contributed by atoms with Crippen molar-refractivity contribution in [3.05, 3.63) is 52.0 Å². The van der Waals surface area contributed by atoms with E-state index in [0.29, 0.717) is 19.4 Å². The first-order valence-electron chi connectivity index (χ1n) is 6.52. The summed E-state index contributed by atoms with van der Waals surface area (Å²) in [6.07, 6.45) is 2.37. The van der Waals surface area contributed by atoms with E-state index in [9.17, 15) is 9.59 Å². The normalized spacial score (nSPS) is 10.1. The summed E-state index contributed by atoms with van der Waals surface area (Å²) in [6.45, 7) is 0.430. The molecule has 0 radical (unpaired) electrons. The number of carbonyl (C=O) groups excluding carboxylic acids is 2. The molecule has 0 fully saturated rings. The van der Waals surface area contributed by atoms with Crippen molar-refractivity contribution in [2.75, 3.05) is 11.9 Å². The molecule has 0 atom stereocenters. The maximum atomic E-state index is 11.7. The van der Waals surface area contributed by atoms with Crippen molar-refractivity contribution in [3.63, 3.8) is 0 Å². The minimum atomic E-state index is -0.266. The van der Waals surface area contributed by atoms with E-state index in [1.165, 1.54) is 6.26 Å². The molecular weight excluding hydrogens is 383 g/mol. The minimum absolute atomic E-state index is 0.0662. The summed E-state index contributed by atoms with van der Waals surface area (Å²) in [4.78, 5) is 23.3. The van der Waals surface area contributed by atoms with Crippen LogP contribution in [0, 0.1) is 3.57 Å². The van der Waals surface area contributed by atoms with E-state index in [0.717, 1.165) is 9.26 Å². The van der Waals surface area contributed by atoms with E-state index in [-0.39, 0.29) is 17.6 Å². The van der Waals surface area contributed by atoms with Crippen molar-refractivity contribution < 1.29 is 14.0 Å². The molecule has 0 spiro atoms. The Hall–Kier alpha value is -1.83. The Bertz CT molecular complexity index is 594. The first-order valence-corrected chi connectivity index (χ1v) is 7.60. The average molecular weight is 398 g/mol. The zero-order chi connectivity index (χ0) is 15.1. The van der Waals surface area contributed by atoms with Crippen LogP contribution in [0.5, 0.6) is 0 Å². The van der Waals surface area contributed by atoms with E-state index < -0.39 is 0 Å². The number of hydrogen-bond donors (Lipinski definition) is 2. The van der Waals surface area contributed by atoms with Gasteiger partial charge in [-0.3, -0.25) is 9.59 Å². The van der Waals surface area contributed by atoms with Crippen molar-refractivity contribution in [1.29, 1.82) is 0 Å². The minimum Gasteiger partial charge on any atom is -0.459 e. The predicted molar refractivity (Wildman–Crippen MR) is 88.1 cm³/mol. The highest BCUT2D eigenvalue weighted by Crippen LogP contribution is 2.11. The van der Waals surface area contributed by atoms with E-state index in [4.69, 9.17) is 4.42 Å². The summed E-state index contributed by atoms with van der Waals surface area (Å²) in [6, 6.07) is 10.8. The van der Waals surface area contributed by atoms with Gasteiger partial charge in [-0.05, 0) is 65.4 Å². The van der Waals surface area contributed by atoms with Gasteiger partial charge in [0.25, 0.3) is 5.91 Å². The van der Waals surface area contributed by atoms with Gasteiger partial charge in [-0.15, -0.1) is 0 Å². The molecular formula is C15H15IN2O3. The van der Waals surface area contributed by atoms with Gasteiger partial charge < -0.3 is 15.1 Å². The Balaban J connectivity index is 1.65. The zero-order valence-electron chi connectivity index (χ0n) is 11.3. The third-order valence-electron chi connectivity index (χ3n) is 2.74. The molecule has 2 N–H and O–H groups in total. The third-order valence-corrected chi connectivity index (χ3v) is 3.46. The first-order chi connectivity index (χ1) is 10.1. The monoisotopic (exact) mass is 398 g/mol. The number of hydrogen-bond acceptors (Lipinski definition) is 3. The van der Waals surface area contributed by atoms with Gasteiger partial charge in [0.15, 0.2) is 5.76 Å². The van der Waals surface area contributed by atoms with Crippen LogP contribution in [0.25, 0.3) is 0 Å². The number of benzene rings is 1. The van der Waals surface area contributed by atoms with Gasteiger partial charge in [0.1, 0.15) is 0 Å². The van der Waals surface area contributed by atoms with Crippen LogP contribution in [0.2, 0.25) is 0 Å². The fourth-order valence-electron chi connectivity index (χ4n) is 1.70. The van der Waals surface area contributed by atoms with Gasteiger partial charge in [-0.2, -0.15) is 0 Å². The molecule has 0 saturated carbocycles. The molecule has 0 aliphatic carbocycles. The third kappa shape index (κ3) is 5.22. The van der Waals surface area contributed by atoms with Crippen molar-refractivity contribution in [2.45, 2.75) is 12.8 Å². The van der Waals surface area contributed by atoms with E-state index in [1.54, 1.807) is 12.1 Å². The zero-order valence-corrected chi connectivity index (χ0v) is 13.4. The molecule has 1 heterocycles. The van der Waals surface area contributed by atoms with Crippen molar-refractivity contribution >= 4 is 40.1 Å². The second-order valence-corrected chi connectivity index (χ2v) is 5.64. The van der Waals surface area contributed by atoms with Crippen molar-refractivity contribution in [1.82, 2.24) is 5.32 Å². The molecule has 2 aromatic rings. The van der Waals surface area contributed by atoms with Crippen LogP contribution in [0.4, 0.5) is 5.69 Å². The molecule has 21 heavy (non-hydrogen) atoms. The maximum absolute atomic E-state index is 11.7. The van der Waals surface area contributed by atoms with Crippen molar-refractivity contribution in [2.24, 2.45) is 0 Å². The molecule has 2 amide bonds. The topological polar surface area (TPSA) is 71.3 Å². The molecule has 0 unspecified atom stereocenters. The predicted octanol–water partition coefficient (Wildman–Crippen LogP) is 3.03. The molecule has 0 saturated heterocycles. The van der Waals surface area contributed by atoms with Gasteiger partial charge >= 0.3 is 0 Å². The quantitative estimate of drug-likeness (QED) is 0.581. The highest BCUT2D eigenvalue weighted by molar-refractivity contribution is 14.1. The van der Waals surface area contributed by atoms with Crippen LogP contribution in [0.1, 0.15) is 23.4 Å². The number of furan rings is 1. The summed E-state index contributed by atoms with van der Waals surface area (Å²) < 4.78 is 6.09. The Morgan fingerprint density at radius 1 is 1.14 bits per heavy atom. The summed E-state index contributed by atoms with van der Waals surface area (Å²) in [5.41, 5.74) is 0.778. The first kappa shape index (κ1) is 15.6. The summed E-state index contributed by atoms with van der Waals surface area (Å²) in [7, 11) is 0. The smallest absolute Gasteiger partial charge is 0.286 e. The maximum Gasteiger partial charge on any atom is 0.286 e. The number of carbonyl (C=O) groups is 2.